The van der Waals surface area contributed by atoms with Gasteiger partial charge in [0.2, 0.25) is 20.0 Å². The second kappa shape index (κ2) is 14.2. The van der Waals surface area contributed by atoms with Crippen molar-refractivity contribution in [3.63, 3.8) is 0 Å². The Morgan fingerprint density at radius 2 is 1.44 bits per heavy atom. The van der Waals surface area contributed by atoms with Gasteiger partial charge in [0.15, 0.2) is 0 Å². The topological polar surface area (TPSA) is 126 Å². The van der Waals surface area contributed by atoms with Gasteiger partial charge in [-0.25, -0.2) is 30.4 Å². The monoisotopic (exact) mass is 765 g/mol. The van der Waals surface area contributed by atoms with Crippen LogP contribution in [0.25, 0.3) is 44.3 Å². The van der Waals surface area contributed by atoms with Crippen LogP contribution in [0.3, 0.4) is 0 Å². The van der Waals surface area contributed by atoms with Crippen LogP contribution in [0.5, 0.6) is 0 Å². The summed E-state index contributed by atoms with van der Waals surface area (Å²) in [6.45, 7) is 5.57. The first-order valence-corrected chi connectivity index (χ1v) is 21.5. The van der Waals surface area contributed by atoms with Crippen LogP contribution in [0.15, 0.2) is 94.9 Å². The molecule has 3 aromatic heterocycles. The fourth-order valence-corrected chi connectivity index (χ4v) is 10.1. The van der Waals surface area contributed by atoms with Crippen LogP contribution in [0.1, 0.15) is 31.7 Å². The summed E-state index contributed by atoms with van der Waals surface area (Å²) in [6.07, 6.45) is 5.38. The smallest absolute Gasteiger partial charge is 0.244 e. The summed E-state index contributed by atoms with van der Waals surface area (Å²) in [5.41, 5.74) is 7.37. The Bertz CT molecular complexity index is 2540. The minimum Gasteiger partial charge on any atom is -0.371 e. The molecule has 3 aromatic carbocycles. The quantitative estimate of drug-likeness (QED) is 0.147. The van der Waals surface area contributed by atoms with E-state index in [4.69, 9.17) is 4.98 Å². The molecule has 1 atom stereocenters. The maximum Gasteiger partial charge on any atom is 0.244 e. The van der Waals surface area contributed by atoms with Gasteiger partial charge < -0.3 is 19.8 Å². The van der Waals surface area contributed by atoms with Gasteiger partial charge in [-0.05, 0) is 91.8 Å². The summed E-state index contributed by atoms with van der Waals surface area (Å²) in [6, 6.07) is 25.6. The van der Waals surface area contributed by atoms with Crippen LogP contribution < -0.4 is 9.80 Å². The molecule has 0 spiro atoms. The average molecular weight is 766 g/mol. The van der Waals surface area contributed by atoms with Crippen molar-refractivity contribution in [3.05, 3.63) is 90.6 Å². The van der Waals surface area contributed by atoms with Gasteiger partial charge in [0.25, 0.3) is 0 Å². The maximum atomic E-state index is 14.2. The van der Waals surface area contributed by atoms with E-state index in [9.17, 15) is 16.8 Å². The van der Waals surface area contributed by atoms with Crippen molar-refractivity contribution in [1.29, 1.82) is 0 Å². The van der Waals surface area contributed by atoms with E-state index in [-0.39, 0.29) is 15.7 Å². The number of nitrogens with one attached hydrogen (secondary N) is 2. The summed E-state index contributed by atoms with van der Waals surface area (Å²) in [4.78, 5) is 16.7. The summed E-state index contributed by atoms with van der Waals surface area (Å²) < 4.78 is 57.6. The molecule has 8 rings (SSSR count). The number of nitrogens with zero attached hydrogens (tertiary/aromatic N) is 5. The number of para-hydroxylation sites is 1. The number of sulfonamides is 2. The van der Waals surface area contributed by atoms with Crippen molar-refractivity contribution >= 4 is 53.4 Å². The van der Waals surface area contributed by atoms with Crippen LogP contribution in [0, 0.1) is 5.92 Å². The number of aromatic amines is 2. The Labute approximate surface area is 317 Å². The first-order chi connectivity index (χ1) is 25.9. The third kappa shape index (κ3) is 6.67. The number of benzene rings is 3. The van der Waals surface area contributed by atoms with Crippen LogP contribution >= 0.6 is 0 Å². The SMILES string of the molecule is CCc1ccc2[nH]c(-c3cc(S(=O)(=O)N(C)C)ccc3N3CCC(CN(C)S(=O)(=O)c4cnc(N5CCCC5)c(-c5cc6ccccc6[nH]5)c4)C3)cc2c1. The van der Waals surface area contributed by atoms with Crippen molar-refractivity contribution in [2.24, 2.45) is 5.92 Å². The molecule has 11 nitrogen and oxygen atoms in total. The molecule has 2 N–H and O–H groups in total. The Morgan fingerprint density at radius 1 is 0.741 bits per heavy atom. The van der Waals surface area contributed by atoms with Gasteiger partial charge in [-0.2, -0.15) is 0 Å². The van der Waals surface area contributed by atoms with Gasteiger partial charge in [-0.1, -0.05) is 31.2 Å². The normalized spacial score (nSPS) is 16.9. The molecule has 2 fully saturated rings. The lowest BCUT2D eigenvalue weighted by Gasteiger charge is -2.25. The lowest BCUT2D eigenvalue weighted by molar-refractivity contribution is 0.401. The second-order valence-electron chi connectivity index (χ2n) is 14.8. The van der Waals surface area contributed by atoms with Gasteiger partial charge in [0.05, 0.1) is 10.6 Å². The molecule has 2 aliphatic rings. The number of pyridine rings is 1. The van der Waals surface area contributed by atoms with Gasteiger partial charge >= 0.3 is 0 Å². The number of aromatic nitrogens is 3. The van der Waals surface area contributed by atoms with Crippen molar-refractivity contribution in [1.82, 2.24) is 23.6 Å². The molecule has 0 aliphatic carbocycles. The van der Waals surface area contributed by atoms with E-state index in [1.807, 2.05) is 30.3 Å². The highest BCUT2D eigenvalue weighted by molar-refractivity contribution is 7.89. The van der Waals surface area contributed by atoms with E-state index in [0.29, 0.717) is 19.6 Å². The second-order valence-corrected chi connectivity index (χ2v) is 19.0. The fourth-order valence-electron chi connectivity index (χ4n) is 7.94. The summed E-state index contributed by atoms with van der Waals surface area (Å²) in [5.74, 6) is 0.857. The Kier molecular flexibility index (Phi) is 9.53. The molecule has 0 amide bonds. The third-order valence-corrected chi connectivity index (χ3v) is 14.6. The molecule has 2 saturated heterocycles. The molecule has 0 bridgehead atoms. The van der Waals surface area contributed by atoms with Crippen LogP contribution in [0.2, 0.25) is 0 Å². The molecule has 6 aromatic rings. The van der Waals surface area contributed by atoms with E-state index in [1.54, 1.807) is 25.2 Å². The van der Waals surface area contributed by atoms with Crippen molar-refractivity contribution in [2.75, 3.05) is 63.7 Å². The zero-order valence-corrected chi connectivity index (χ0v) is 32.8. The summed E-state index contributed by atoms with van der Waals surface area (Å²) in [5, 5.41) is 2.13. The average Bonchev–Trinajstić information content (AvgIpc) is 4.00. The number of fused-ring (bicyclic) bond motifs is 2. The lowest BCUT2D eigenvalue weighted by Crippen LogP contribution is -2.33. The summed E-state index contributed by atoms with van der Waals surface area (Å²) >= 11 is 0. The van der Waals surface area contributed by atoms with E-state index in [2.05, 4.69) is 57.0 Å². The minimum atomic E-state index is -3.87. The first kappa shape index (κ1) is 36.3. The van der Waals surface area contributed by atoms with E-state index in [0.717, 1.165) is 94.6 Å². The fraction of sp³-hybridized carbons (Fsp3) is 0.341. The standard InChI is InChI=1S/C41H47N7O4S2/c1-5-28-12-14-37-31(20-28)22-38(44-37)34-23-32(53(49,50)45(2)3)13-15-40(34)48-19-16-29(27-48)26-46(4)54(51,52)33-24-35(41(42-25-33)47-17-8-9-18-47)39-21-30-10-6-7-11-36(30)43-39/h6-7,10-15,20-25,29,43-44H,5,8-9,16-19,26-27H2,1-4H3. The van der Waals surface area contributed by atoms with Crippen molar-refractivity contribution < 1.29 is 16.8 Å². The predicted octanol–water partition coefficient (Wildman–Crippen LogP) is 6.94. The predicted molar refractivity (Wildman–Crippen MR) is 217 cm³/mol. The van der Waals surface area contributed by atoms with Crippen LogP contribution in [-0.4, -0.2) is 94.3 Å². The number of aryl methyl sites for hydroxylation is 1. The number of rotatable bonds is 11. The van der Waals surface area contributed by atoms with Gasteiger partial charge in [-0.15, -0.1) is 0 Å². The molecule has 0 saturated carbocycles. The van der Waals surface area contributed by atoms with E-state index >= 15 is 0 Å². The molecule has 1 unspecified atom stereocenters. The molecule has 282 valence electrons. The van der Waals surface area contributed by atoms with Gasteiger partial charge in [-0.3, -0.25) is 0 Å². The highest BCUT2D eigenvalue weighted by Gasteiger charge is 2.32. The van der Waals surface area contributed by atoms with Gasteiger partial charge in [0.1, 0.15) is 10.7 Å². The van der Waals surface area contributed by atoms with Crippen LogP contribution in [-0.2, 0) is 26.5 Å². The molecule has 2 aliphatic heterocycles. The highest BCUT2D eigenvalue weighted by Crippen LogP contribution is 2.39. The molecule has 54 heavy (non-hydrogen) atoms. The summed E-state index contributed by atoms with van der Waals surface area (Å²) in [7, 11) is -2.82. The number of hydrogen-bond acceptors (Lipinski definition) is 7. The number of hydrogen-bond donors (Lipinski definition) is 2. The van der Waals surface area contributed by atoms with Crippen molar-refractivity contribution in [2.45, 2.75) is 42.4 Å². The largest absolute Gasteiger partial charge is 0.371 e. The maximum absolute atomic E-state index is 14.2. The lowest BCUT2D eigenvalue weighted by atomic mass is 10.1. The van der Waals surface area contributed by atoms with Gasteiger partial charge in [0, 0.05) is 104 Å². The van der Waals surface area contributed by atoms with Crippen LogP contribution in [0.4, 0.5) is 11.5 Å². The molecule has 0 radical (unpaired) electrons. The number of H-pyrrole nitrogens is 2. The zero-order chi connectivity index (χ0) is 37.8. The third-order valence-electron chi connectivity index (χ3n) is 11.0. The zero-order valence-electron chi connectivity index (χ0n) is 31.2. The number of anilines is 2. The Hall–Kier alpha value is -4.69. The van der Waals surface area contributed by atoms with Crippen molar-refractivity contribution in [3.8, 4) is 22.5 Å². The molecule has 13 heteroatoms. The highest BCUT2D eigenvalue weighted by atomic mass is 32.2. The molecular formula is C41H47N7O4S2. The first-order valence-electron chi connectivity index (χ1n) is 18.7. The van der Waals surface area contributed by atoms with E-state index < -0.39 is 20.0 Å². The van der Waals surface area contributed by atoms with E-state index in [1.165, 1.54) is 34.5 Å². The minimum absolute atomic E-state index is 0.0580. The Balaban J connectivity index is 1.07. The molecule has 5 heterocycles. The molecular weight excluding hydrogens is 719 g/mol. The Morgan fingerprint density at radius 3 is 2.19 bits per heavy atom.